The highest BCUT2D eigenvalue weighted by atomic mass is 35.5. The van der Waals surface area contributed by atoms with Gasteiger partial charge in [-0.05, 0) is 37.1 Å². The van der Waals surface area contributed by atoms with Crippen molar-refractivity contribution in [3.63, 3.8) is 0 Å². The van der Waals surface area contributed by atoms with Crippen LogP contribution in [0.25, 0.3) is 5.69 Å². The number of rotatable bonds is 4. The van der Waals surface area contributed by atoms with Crippen molar-refractivity contribution in [1.29, 1.82) is 0 Å². The number of halogens is 1. The first kappa shape index (κ1) is 14.4. The summed E-state index contributed by atoms with van der Waals surface area (Å²) in [6, 6.07) is 7.50. The largest absolute Gasteiger partial charge is 0.247 e. The van der Waals surface area contributed by atoms with Crippen LogP contribution in [-0.2, 0) is 6.54 Å². The first-order valence-corrected chi connectivity index (χ1v) is 8.22. The van der Waals surface area contributed by atoms with Gasteiger partial charge in [0.15, 0.2) is 5.82 Å². The van der Waals surface area contributed by atoms with Crippen molar-refractivity contribution in [1.82, 2.24) is 29.8 Å². The van der Waals surface area contributed by atoms with Gasteiger partial charge in [0, 0.05) is 10.9 Å². The molecule has 0 amide bonds. The Labute approximate surface area is 139 Å². The smallest absolute Gasteiger partial charge is 0.153 e. The monoisotopic (exact) mass is 328 g/mol. The highest BCUT2D eigenvalue weighted by Crippen LogP contribution is 2.31. The van der Waals surface area contributed by atoms with Gasteiger partial charge in [0.1, 0.15) is 12.0 Å². The van der Waals surface area contributed by atoms with Crippen LogP contribution in [0.1, 0.15) is 43.1 Å². The Morgan fingerprint density at radius 2 is 1.91 bits per heavy atom. The fourth-order valence-corrected chi connectivity index (χ4v) is 3.14. The molecule has 0 aliphatic heterocycles. The highest BCUT2D eigenvalue weighted by Gasteiger charge is 2.20. The molecule has 2 heterocycles. The molecule has 6 nitrogen and oxygen atoms in total. The third-order valence-corrected chi connectivity index (χ3v) is 4.48. The van der Waals surface area contributed by atoms with Crippen LogP contribution in [0.3, 0.4) is 0 Å². The molecule has 1 fully saturated rings. The van der Waals surface area contributed by atoms with E-state index in [-0.39, 0.29) is 0 Å². The van der Waals surface area contributed by atoms with Crippen molar-refractivity contribution < 1.29 is 0 Å². The molecule has 1 saturated carbocycles. The normalized spacial score (nSPS) is 15.3. The maximum Gasteiger partial charge on any atom is 0.153 e. The predicted molar refractivity (Wildman–Crippen MR) is 86.7 cm³/mol. The summed E-state index contributed by atoms with van der Waals surface area (Å²) in [6.07, 6.45) is 8.67. The van der Waals surface area contributed by atoms with E-state index in [0.29, 0.717) is 17.5 Å². The van der Waals surface area contributed by atoms with Gasteiger partial charge in [0.25, 0.3) is 0 Å². The van der Waals surface area contributed by atoms with E-state index in [0.717, 1.165) is 17.2 Å². The lowest BCUT2D eigenvalue weighted by atomic mass is 10.1. The summed E-state index contributed by atoms with van der Waals surface area (Å²) in [7, 11) is 0. The Balaban J connectivity index is 1.48. The summed E-state index contributed by atoms with van der Waals surface area (Å²) in [6.45, 7) is 0.577. The van der Waals surface area contributed by atoms with Crippen LogP contribution in [-0.4, -0.2) is 29.8 Å². The first-order valence-electron chi connectivity index (χ1n) is 7.84. The molecular weight excluding hydrogens is 312 g/mol. The summed E-state index contributed by atoms with van der Waals surface area (Å²) < 4.78 is 3.57. The van der Waals surface area contributed by atoms with Gasteiger partial charge in [-0.25, -0.2) is 14.3 Å². The Kier molecular flexibility index (Phi) is 3.83. The van der Waals surface area contributed by atoms with Crippen LogP contribution >= 0.6 is 11.6 Å². The molecule has 0 unspecified atom stereocenters. The van der Waals surface area contributed by atoms with Gasteiger partial charge >= 0.3 is 0 Å². The van der Waals surface area contributed by atoms with E-state index in [2.05, 4.69) is 20.4 Å². The summed E-state index contributed by atoms with van der Waals surface area (Å²) >= 11 is 5.90. The van der Waals surface area contributed by atoms with Gasteiger partial charge in [0.2, 0.25) is 0 Å². The van der Waals surface area contributed by atoms with Crippen LogP contribution in [0.4, 0.5) is 0 Å². The van der Waals surface area contributed by atoms with Crippen molar-refractivity contribution in [2.75, 3.05) is 0 Å². The molecular formula is C16H17ClN6. The van der Waals surface area contributed by atoms with Crippen molar-refractivity contribution in [3.8, 4) is 5.69 Å². The average Bonchev–Trinajstić information content (AvgIpc) is 3.29. The Morgan fingerprint density at radius 3 is 2.70 bits per heavy atom. The fourth-order valence-electron chi connectivity index (χ4n) is 3.01. The number of hydrogen-bond acceptors (Lipinski definition) is 4. The zero-order valence-electron chi connectivity index (χ0n) is 12.6. The second-order valence-corrected chi connectivity index (χ2v) is 6.35. The summed E-state index contributed by atoms with van der Waals surface area (Å²) in [5.41, 5.74) is 1.78. The molecule has 1 aliphatic carbocycles. The predicted octanol–water partition coefficient (Wildman–Crippen LogP) is 3.22. The summed E-state index contributed by atoms with van der Waals surface area (Å²) in [5.74, 6) is 1.49. The van der Waals surface area contributed by atoms with Crippen LogP contribution in [0, 0.1) is 0 Å². The third-order valence-electron chi connectivity index (χ3n) is 4.23. The van der Waals surface area contributed by atoms with Gasteiger partial charge in [-0.3, -0.25) is 0 Å². The molecule has 0 radical (unpaired) electrons. The van der Waals surface area contributed by atoms with E-state index < -0.39 is 0 Å². The minimum Gasteiger partial charge on any atom is -0.247 e. The summed E-state index contributed by atoms with van der Waals surface area (Å²) in [4.78, 5) is 4.45. The molecule has 0 spiro atoms. The second kappa shape index (κ2) is 6.12. The molecule has 0 bridgehead atoms. The van der Waals surface area contributed by atoms with Gasteiger partial charge in [-0.1, -0.05) is 29.7 Å². The van der Waals surface area contributed by atoms with Gasteiger partial charge in [-0.2, -0.15) is 5.10 Å². The van der Waals surface area contributed by atoms with Gasteiger partial charge in [-0.15, -0.1) is 5.10 Å². The number of hydrogen-bond donors (Lipinski definition) is 0. The third kappa shape index (κ3) is 3.12. The number of aromatic nitrogens is 6. The maximum atomic E-state index is 5.90. The molecule has 1 aliphatic rings. The Bertz CT molecular complexity index is 785. The Hall–Kier alpha value is -2.21. The molecule has 118 valence electrons. The van der Waals surface area contributed by atoms with Crippen molar-refractivity contribution >= 4 is 11.6 Å². The van der Waals surface area contributed by atoms with Crippen molar-refractivity contribution in [2.45, 2.75) is 38.1 Å². The SMILES string of the molecule is Clc1ccc(-n2cc(Cn3cnc(C4CCCC4)n3)nn2)cc1. The van der Waals surface area contributed by atoms with Gasteiger partial charge in [0.05, 0.1) is 18.4 Å². The highest BCUT2D eigenvalue weighted by molar-refractivity contribution is 6.30. The lowest BCUT2D eigenvalue weighted by molar-refractivity contribution is 0.618. The molecule has 1 aromatic carbocycles. The molecule has 0 N–H and O–H groups in total. The van der Waals surface area contributed by atoms with Crippen molar-refractivity contribution in [2.24, 2.45) is 0 Å². The number of benzene rings is 1. The molecule has 23 heavy (non-hydrogen) atoms. The van der Waals surface area contributed by atoms with Gasteiger partial charge < -0.3 is 0 Å². The van der Waals surface area contributed by atoms with Crippen LogP contribution in [0.5, 0.6) is 0 Å². The van der Waals surface area contributed by atoms with E-state index in [9.17, 15) is 0 Å². The molecule has 0 atom stereocenters. The second-order valence-electron chi connectivity index (χ2n) is 5.91. The first-order chi connectivity index (χ1) is 11.3. The van der Waals surface area contributed by atoms with E-state index >= 15 is 0 Å². The lowest BCUT2D eigenvalue weighted by Crippen LogP contribution is -2.03. The standard InChI is InChI=1S/C16H17ClN6/c17-13-5-7-15(8-6-13)23-10-14(19-21-23)9-22-11-18-16(20-22)12-3-1-2-4-12/h5-8,10-12H,1-4,9H2. The quantitative estimate of drug-likeness (QED) is 0.737. The Morgan fingerprint density at radius 1 is 1.13 bits per heavy atom. The molecule has 7 heteroatoms. The maximum absolute atomic E-state index is 5.90. The minimum absolute atomic E-state index is 0.529. The average molecular weight is 329 g/mol. The zero-order valence-corrected chi connectivity index (χ0v) is 13.4. The van der Waals surface area contributed by atoms with Crippen molar-refractivity contribution in [3.05, 3.63) is 53.3 Å². The lowest BCUT2D eigenvalue weighted by Gasteiger charge is -2.01. The van der Waals surface area contributed by atoms with E-state index in [1.807, 2.05) is 35.1 Å². The van der Waals surface area contributed by atoms with E-state index in [1.54, 1.807) is 11.0 Å². The molecule has 0 saturated heterocycles. The minimum atomic E-state index is 0.529. The molecule has 4 rings (SSSR count). The number of nitrogens with zero attached hydrogens (tertiary/aromatic N) is 6. The molecule has 2 aromatic heterocycles. The molecule has 3 aromatic rings. The van der Waals surface area contributed by atoms with Crippen LogP contribution in [0.2, 0.25) is 5.02 Å². The fraction of sp³-hybridized carbons (Fsp3) is 0.375. The zero-order chi connectivity index (χ0) is 15.6. The topological polar surface area (TPSA) is 61.4 Å². The summed E-state index contributed by atoms with van der Waals surface area (Å²) in [5, 5.41) is 13.7. The van der Waals surface area contributed by atoms with E-state index in [1.165, 1.54) is 25.7 Å². The van der Waals surface area contributed by atoms with Crippen LogP contribution in [0.15, 0.2) is 36.8 Å². The van der Waals surface area contributed by atoms with E-state index in [4.69, 9.17) is 11.6 Å². The van der Waals surface area contributed by atoms with Crippen LogP contribution < -0.4 is 0 Å².